The molecule has 11 heavy (non-hydrogen) atoms. The molecule has 0 spiro atoms. The first-order chi connectivity index (χ1) is 5.12. The summed E-state index contributed by atoms with van der Waals surface area (Å²) in [5, 5.41) is 3.40. The molecule has 0 aliphatic carbocycles. The van der Waals surface area contributed by atoms with Gasteiger partial charge >= 0.3 is 0 Å². The molecule has 0 amide bonds. The molecule has 0 radical (unpaired) electrons. The summed E-state index contributed by atoms with van der Waals surface area (Å²) in [7, 11) is 0. The van der Waals surface area contributed by atoms with E-state index in [-0.39, 0.29) is 5.54 Å². The van der Waals surface area contributed by atoms with Crippen molar-refractivity contribution in [2.75, 3.05) is 13.2 Å². The molecule has 0 saturated carbocycles. The molecule has 1 aliphatic rings. The third-order valence-electron chi connectivity index (χ3n) is 1.86. The molecule has 0 bridgehead atoms. The zero-order valence-corrected chi connectivity index (χ0v) is 7.54. The normalized spacial score (nSPS) is 31.4. The topological polar surface area (TPSA) is 47.3 Å². The molecule has 0 aromatic rings. The SMILES string of the molecule is CC1(NC(N)=S)CCCOC1. The second-order valence-electron chi connectivity index (χ2n) is 3.21. The molecule has 1 unspecified atom stereocenters. The molecule has 1 aliphatic heterocycles. The highest BCUT2D eigenvalue weighted by Gasteiger charge is 2.27. The standard InChI is InChI=1S/C7H14N2OS/c1-7(9-6(8)11)3-2-4-10-5-7/h2-5H2,1H3,(H3,8,9,11). The number of thiocarbonyl (C=S) groups is 1. The van der Waals surface area contributed by atoms with Gasteiger partial charge < -0.3 is 15.8 Å². The maximum Gasteiger partial charge on any atom is 0.164 e. The van der Waals surface area contributed by atoms with Crippen LogP contribution >= 0.6 is 12.2 Å². The van der Waals surface area contributed by atoms with Gasteiger partial charge in [-0.3, -0.25) is 0 Å². The van der Waals surface area contributed by atoms with Crippen LogP contribution in [0.3, 0.4) is 0 Å². The highest BCUT2D eigenvalue weighted by Crippen LogP contribution is 2.17. The monoisotopic (exact) mass is 174 g/mol. The molecule has 3 N–H and O–H groups in total. The zero-order valence-electron chi connectivity index (χ0n) is 6.72. The smallest absolute Gasteiger partial charge is 0.164 e. The fourth-order valence-corrected chi connectivity index (χ4v) is 1.58. The minimum absolute atomic E-state index is 0.0376. The van der Waals surface area contributed by atoms with Crippen molar-refractivity contribution in [2.45, 2.75) is 25.3 Å². The Balaban J connectivity index is 2.43. The Morgan fingerprint density at radius 2 is 2.45 bits per heavy atom. The van der Waals surface area contributed by atoms with E-state index in [2.05, 4.69) is 12.2 Å². The first kappa shape index (κ1) is 8.74. The minimum atomic E-state index is -0.0376. The number of ether oxygens (including phenoxy) is 1. The molecule has 1 fully saturated rings. The number of hydrogen-bond acceptors (Lipinski definition) is 2. The predicted octanol–water partition coefficient (Wildman–Crippen LogP) is 0.389. The maximum atomic E-state index is 5.37. The lowest BCUT2D eigenvalue weighted by molar-refractivity contribution is 0.0373. The largest absolute Gasteiger partial charge is 0.379 e. The number of nitrogens with two attached hydrogens (primary N) is 1. The van der Waals surface area contributed by atoms with E-state index in [1.165, 1.54) is 0 Å². The van der Waals surface area contributed by atoms with E-state index in [0.29, 0.717) is 11.7 Å². The lowest BCUT2D eigenvalue weighted by Crippen LogP contribution is -2.53. The Kier molecular flexibility index (Phi) is 2.67. The van der Waals surface area contributed by atoms with Crippen LogP contribution < -0.4 is 11.1 Å². The predicted molar refractivity (Wildman–Crippen MR) is 48.4 cm³/mol. The lowest BCUT2D eigenvalue weighted by Gasteiger charge is -2.34. The van der Waals surface area contributed by atoms with Crippen molar-refractivity contribution in [1.82, 2.24) is 5.32 Å². The van der Waals surface area contributed by atoms with E-state index in [4.69, 9.17) is 22.7 Å². The molecule has 64 valence electrons. The molecular weight excluding hydrogens is 160 g/mol. The molecule has 1 atom stereocenters. The summed E-state index contributed by atoms with van der Waals surface area (Å²) in [6.07, 6.45) is 2.15. The van der Waals surface area contributed by atoms with Crippen LogP contribution in [-0.4, -0.2) is 23.9 Å². The van der Waals surface area contributed by atoms with Crippen LogP contribution in [-0.2, 0) is 4.74 Å². The van der Waals surface area contributed by atoms with Crippen molar-refractivity contribution in [1.29, 1.82) is 0 Å². The molecule has 1 saturated heterocycles. The maximum absolute atomic E-state index is 5.37. The van der Waals surface area contributed by atoms with Crippen LogP contribution in [0.4, 0.5) is 0 Å². The summed E-state index contributed by atoms with van der Waals surface area (Å²) in [6, 6.07) is 0. The van der Waals surface area contributed by atoms with E-state index in [9.17, 15) is 0 Å². The van der Waals surface area contributed by atoms with Gasteiger partial charge in [-0.25, -0.2) is 0 Å². The van der Waals surface area contributed by atoms with E-state index >= 15 is 0 Å². The summed E-state index contributed by atoms with van der Waals surface area (Å²) < 4.78 is 5.31. The first-order valence-corrected chi connectivity index (χ1v) is 4.19. The molecule has 1 rings (SSSR count). The summed E-state index contributed by atoms with van der Waals surface area (Å²) in [5.74, 6) is 0. The third-order valence-corrected chi connectivity index (χ3v) is 1.96. The van der Waals surface area contributed by atoms with Gasteiger partial charge in [0.15, 0.2) is 5.11 Å². The van der Waals surface area contributed by atoms with Gasteiger partial charge in [-0.05, 0) is 32.0 Å². The van der Waals surface area contributed by atoms with Crippen LogP contribution in [0.1, 0.15) is 19.8 Å². The number of rotatable bonds is 1. The number of nitrogens with one attached hydrogen (secondary N) is 1. The van der Waals surface area contributed by atoms with Gasteiger partial charge in [-0.15, -0.1) is 0 Å². The lowest BCUT2D eigenvalue weighted by atomic mass is 9.95. The van der Waals surface area contributed by atoms with E-state index in [0.717, 1.165) is 19.4 Å². The average Bonchev–Trinajstić information content (AvgIpc) is 1.85. The van der Waals surface area contributed by atoms with Crippen LogP contribution in [0, 0.1) is 0 Å². The van der Waals surface area contributed by atoms with Gasteiger partial charge in [0.1, 0.15) is 0 Å². The number of hydrogen-bond donors (Lipinski definition) is 2. The summed E-state index contributed by atoms with van der Waals surface area (Å²) >= 11 is 4.76. The third kappa shape index (κ3) is 2.63. The van der Waals surface area contributed by atoms with Gasteiger partial charge in [0.05, 0.1) is 12.1 Å². The molecular formula is C7H14N2OS. The van der Waals surface area contributed by atoms with Gasteiger partial charge in [0.2, 0.25) is 0 Å². The fourth-order valence-electron chi connectivity index (χ4n) is 1.33. The van der Waals surface area contributed by atoms with E-state index in [1.807, 2.05) is 0 Å². The molecule has 3 nitrogen and oxygen atoms in total. The van der Waals surface area contributed by atoms with Crippen molar-refractivity contribution >= 4 is 17.3 Å². The highest BCUT2D eigenvalue weighted by molar-refractivity contribution is 7.80. The first-order valence-electron chi connectivity index (χ1n) is 3.78. The Labute approximate surface area is 72.3 Å². The summed E-state index contributed by atoms with van der Waals surface area (Å²) in [4.78, 5) is 0. The summed E-state index contributed by atoms with van der Waals surface area (Å²) in [6.45, 7) is 3.63. The van der Waals surface area contributed by atoms with Gasteiger partial charge in [0, 0.05) is 6.61 Å². The Bertz CT molecular complexity index is 155. The van der Waals surface area contributed by atoms with E-state index < -0.39 is 0 Å². The Hall–Kier alpha value is -0.350. The van der Waals surface area contributed by atoms with Crippen LogP contribution in [0.15, 0.2) is 0 Å². The zero-order chi connectivity index (χ0) is 8.32. The van der Waals surface area contributed by atoms with E-state index in [1.54, 1.807) is 0 Å². The minimum Gasteiger partial charge on any atom is -0.379 e. The van der Waals surface area contributed by atoms with Crippen molar-refractivity contribution in [2.24, 2.45) is 5.73 Å². The second kappa shape index (κ2) is 3.36. The quantitative estimate of drug-likeness (QED) is 0.565. The molecule has 1 heterocycles. The summed E-state index contributed by atoms with van der Waals surface area (Å²) in [5.41, 5.74) is 5.34. The van der Waals surface area contributed by atoms with Gasteiger partial charge in [0.25, 0.3) is 0 Å². The van der Waals surface area contributed by atoms with Crippen LogP contribution in [0.5, 0.6) is 0 Å². The van der Waals surface area contributed by atoms with Crippen LogP contribution in [0.25, 0.3) is 0 Å². The van der Waals surface area contributed by atoms with Crippen molar-refractivity contribution in [3.8, 4) is 0 Å². The van der Waals surface area contributed by atoms with Gasteiger partial charge in [-0.1, -0.05) is 0 Å². The molecule has 4 heteroatoms. The van der Waals surface area contributed by atoms with Gasteiger partial charge in [-0.2, -0.15) is 0 Å². The van der Waals surface area contributed by atoms with Crippen molar-refractivity contribution in [3.05, 3.63) is 0 Å². The fraction of sp³-hybridized carbons (Fsp3) is 0.857. The second-order valence-corrected chi connectivity index (χ2v) is 3.65. The molecule has 0 aromatic carbocycles. The average molecular weight is 174 g/mol. The van der Waals surface area contributed by atoms with Crippen molar-refractivity contribution < 1.29 is 4.74 Å². The molecule has 0 aromatic heterocycles. The highest BCUT2D eigenvalue weighted by atomic mass is 32.1. The Morgan fingerprint density at radius 1 is 1.73 bits per heavy atom. The Morgan fingerprint density at radius 3 is 2.91 bits per heavy atom. The van der Waals surface area contributed by atoms with Crippen molar-refractivity contribution in [3.63, 3.8) is 0 Å². The van der Waals surface area contributed by atoms with Crippen LogP contribution in [0.2, 0.25) is 0 Å².